The molecule has 118 valence electrons. The van der Waals surface area contributed by atoms with E-state index in [1.807, 2.05) is 7.05 Å². The first-order valence-corrected chi connectivity index (χ1v) is 7.90. The maximum atomic E-state index is 12.5. The summed E-state index contributed by atoms with van der Waals surface area (Å²) in [5.74, 6) is -0.0888. The van der Waals surface area contributed by atoms with Crippen LogP contribution in [0.2, 0.25) is 0 Å². The number of H-pyrrole nitrogens is 1. The number of carbonyl (C=O) groups excluding carboxylic acids is 1. The first kappa shape index (κ1) is 15.8. The molecule has 1 aromatic heterocycles. The summed E-state index contributed by atoms with van der Waals surface area (Å²) in [6.07, 6.45) is 4.17. The van der Waals surface area contributed by atoms with Crippen LogP contribution in [0.1, 0.15) is 49.3 Å². The number of amides is 1. The van der Waals surface area contributed by atoms with Crippen molar-refractivity contribution in [1.29, 1.82) is 0 Å². The Balaban J connectivity index is 2.02. The van der Waals surface area contributed by atoms with Crippen molar-refractivity contribution >= 4 is 11.6 Å². The van der Waals surface area contributed by atoms with Crippen molar-refractivity contribution in [2.45, 2.75) is 45.6 Å². The number of aromatic amines is 1. The smallest absolute Gasteiger partial charge is 0.276 e. The summed E-state index contributed by atoms with van der Waals surface area (Å²) < 4.78 is 0. The molecule has 2 rings (SSSR count). The molecule has 6 nitrogen and oxygen atoms in total. The highest BCUT2D eigenvalue weighted by atomic mass is 16.2. The van der Waals surface area contributed by atoms with Gasteiger partial charge in [-0.3, -0.25) is 14.8 Å². The highest BCUT2D eigenvalue weighted by Gasteiger charge is 2.27. The Bertz CT molecular complexity index is 484. The zero-order chi connectivity index (χ0) is 15.4. The molecule has 3 N–H and O–H groups in total. The van der Waals surface area contributed by atoms with E-state index in [1.54, 1.807) is 4.90 Å². The molecular weight excluding hydrogens is 266 g/mol. The van der Waals surface area contributed by atoms with Crippen LogP contribution < -0.4 is 5.73 Å². The van der Waals surface area contributed by atoms with Crippen LogP contribution in [0.4, 0.5) is 5.69 Å². The number of likely N-dealkylation sites (tertiary alicyclic amines) is 1. The lowest BCUT2D eigenvalue weighted by atomic mass is 10.1. The number of rotatable bonds is 6. The minimum atomic E-state index is -0.0888. The van der Waals surface area contributed by atoms with Gasteiger partial charge in [0.05, 0.1) is 11.4 Å². The normalized spacial score (nSPS) is 19.1. The predicted octanol–water partition coefficient (Wildman–Crippen LogP) is 1.50. The average molecular weight is 293 g/mol. The van der Waals surface area contributed by atoms with E-state index >= 15 is 0 Å². The summed E-state index contributed by atoms with van der Waals surface area (Å²) in [6.45, 7) is 7.16. The number of hydrogen-bond acceptors (Lipinski definition) is 4. The summed E-state index contributed by atoms with van der Waals surface area (Å²) in [5.41, 5.74) is 7.77. The number of nitrogen functional groups attached to an aromatic ring is 1. The van der Waals surface area contributed by atoms with Crippen LogP contribution in [0.5, 0.6) is 0 Å². The van der Waals surface area contributed by atoms with E-state index in [4.69, 9.17) is 5.73 Å². The molecular formula is C15H27N5O. The zero-order valence-electron chi connectivity index (χ0n) is 13.4. The molecule has 0 aliphatic carbocycles. The largest absolute Gasteiger partial charge is 0.395 e. The van der Waals surface area contributed by atoms with Crippen molar-refractivity contribution in [3.05, 3.63) is 11.4 Å². The Labute approximate surface area is 126 Å². The van der Waals surface area contributed by atoms with Gasteiger partial charge in [0.1, 0.15) is 0 Å². The molecule has 1 aliphatic rings. The summed E-state index contributed by atoms with van der Waals surface area (Å²) in [4.78, 5) is 16.7. The monoisotopic (exact) mass is 293 g/mol. The summed E-state index contributed by atoms with van der Waals surface area (Å²) in [5, 5.41) is 7.01. The zero-order valence-corrected chi connectivity index (χ0v) is 13.4. The second-order valence-corrected chi connectivity index (χ2v) is 5.82. The van der Waals surface area contributed by atoms with Gasteiger partial charge < -0.3 is 10.6 Å². The standard InChI is InChI=1S/C15H27N5O/c1-4-7-12-13(16)14(18-17-12)15(21)19(3)10-11-8-6-9-20(11)5-2/h11H,4-10,16H2,1-3H3,(H,17,18). The number of nitrogens with zero attached hydrogens (tertiary/aromatic N) is 3. The number of nitrogens with one attached hydrogen (secondary N) is 1. The molecule has 0 saturated carbocycles. The first-order valence-electron chi connectivity index (χ1n) is 7.90. The van der Waals surface area contributed by atoms with Crippen molar-refractivity contribution in [2.75, 3.05) is 32.4 Å². The molecule has 6 heteroatoms. The van der Waals surface area contributed by atoms with Gasteiger partial charge >= 0.3 is 0 Å². The van der Waals surface area contributed by atoms with Crippen molar-refractivity contribution in [3.8, 4) is 0 Å². The second-order valence-electron chi connectivity index (χ2n) is 5.82. The van der Waals surface area contributed by atoms with Crippen LogP contribution in [0.25, 0.3) is 0 Å². The Hall–Kier alpha value is -1.56. The number of likely N-dealkylation sites (N-methyl/N-ethyl adjacent to an activating group) is 2. The number of carbonyl (C=O) groups is 1. The Morgan fingerprint density at radius 3 is 2.95 bits per heavy atom. The van der Waals surface area contributed by atoms with Crippen LogP contribution in [-0.2, 0) is 6.42 Å². The van der Waals surface area contributed by atoms with Gasteiger partial charge in [0.25, 0.3) is 5.91 Å². The topological polar surface area (TPSA) is 78.2 Å². The highest BCUT2D eigenvalue weighted by molar-refractivity contribution is 5.97. The fourth-order valence-corrected chi connectivity index (χ4v) is 3.09. The molecule has 2 heterocycles. The summed E-state index contributed by atoms with van der Waals surface area (Å²) in [7, 11) is 1.84. The van der Waals surface area contributed by atoms with Gasteiger partial charge in [0.2, 0.25) is 0 Å². The van der Waals surface area contributed by atoms with Crippen molar-refractivity contribution < 1.29 is 4.79 Å². The van der Waals surface area contributed by atoms with Gasteiger partial charge in [-0.15, -0.1) is 0 Å². The van der Waals surface area contributed by atoms with Crippen molar-refractivity contribution in [1.82, 2.24) is 20.0 Å². The molecule has 1 aromatic rings. The van der Waals surface area contributed by atoms with Crippen LogP contribution in [-0.4, -0.2) is 58.6 Å². The molecule has 0 bridgehead atoms. The van der Waals surface area contributed by atoms with E-state index in [9.17, 15) is 4.79 Å². The van der Waals surface area contributed by atoms with Gasteiger partial charge in [-0.2, -0.15) is 5.10 Å². The van der Waals surface area contributed by atoms with Gasteiger partial charge in [-0.1, -0.05) is 20.3 Å². The molecule has 1 aliphatic heterocycles. The van der Waals surface area contributed by atoms with Gasteiger partial charge in [0.15, 0.2) is 5.69 Å². The van der Waals surface area contributed by atoms with E-state index in [2.05, 4.69) is 28.9 Å². The maximum absolute atomic E-state index is 12.5. The first-order chi connectivity index (χ1) is 10.1. The molecule has 1 fully saturated rings. The highest BCUT2D eigenvalue weighted by Crippen LogP contribution is 2.20. The lowest BCUT2D eigenvalue weighted by Crippen LogP contribution is -2.41. The van der Waals surface area contributed by atoms with Gasteiger partial charge in [0, 0.05) is 19.6 Å². The fourth-order valence-electron chi connectivity index (χ4n) is 3.09. The third kappa shape index (κ3) is 3.37. The van der Waals surface area contributed by atoms with Crippen LogP contribution in [0.15, 0.2) is 0 Å². The fraction of sp³-hybridized carbons (Fsp3) is 0.733. The molecule has 1 unspecified atom stereocenters. The SMILES string of the molecule is CCCc1[nH]nc(C(=O)N(C)CC2CCCN2CC)c1N. The second kappa shape index (κ2) is 6.93. The minimum Gasteiger partial charge on any atom is -0.395 e. The number of aromatic nitrogens is 2. The Kier molecular flexibility index (Phi) is 5.22. The molecule has 1 amide bonds. The third-order valence-corrected chi connectivity index (χ3v) is 4.32. The van der Waals surface area contributed by atoms with Crippen LogP contribution in [0, 0.1) is 0 Å². The Morgan fingerprint density at radius 1 is 1.52 bits per heavy atom. The number of aryl methyl sites for hydroxylation is 1. The molecule has 21 heavy (non-hydrogen) atoms. The third-order valence-electron chi connectivity index (χ3n) is 4.32. The quantitative estimate of drug-likeness (QED) is 0.833. The van der Waals surface area contributed by atoms with E-state index < -0.39 is 0 Å². The van der Waals surface area contributed by atoms with E-state index in [0.29, 0.717) is 17.4 Å². The average Bonchev–Trinajstić information content (AvgIpc) is 3.06. The minimum absolute atomic E-state index is 0.0888. The molecule has 0 radical (unpaired) electrons. The van der Waals surface area contributed by atoms with Crippen molar-refractivity contribution in [3.63, 3.8) is 0 Å². The Morgan fingerprint density at radius 2 is 2.29 bits per heavy atom. The summed E-state index contributed by atoms with van der Waals surface area (Å²) >= 11 is 0. The number of anilines is 1. The molecule has 1 atom stereocenters. The van der Waals surface area contributed by atoms with E-state index in [0.717, 1.165) is 44.6 Å². The van der Waals surface area contributed by atoms with Crippen LogP contribution >= 0.6 is 0 Å². The van der Waals surface area contributed by atoms with E-state index in [-0.39, 0.29) is 5.91 Å². The lowest BCUT2D eigenvalue weighted by molar-refractivity contribution is 0.0750. The van der Waals surface area contributed by atoms with Crippen LogP contribution in [0.3, 0.4) is 0 Å². The number of nitrogens with two attached hydrogens (primary N) is 1. The predicted molar refractivity (Wildman–Crippen MR) is 84.2 cm³/mol. The molecule has 0 spiro atoms. The van der Waals surface area contributed by atoms with Crippen molar-refractivity contribution in [2.24, 2.45) is 0 Å². The lowest BCUT2D eigenvalue weighted by Gasteiger charge is -2.27. The van der Waals surface area contributed by atoms with E-state index in [1.165, 1.54) is 6.42 Å². The molecule has 0 aromatic carbocycles. The number of hydrogen-bond donors (Lipinski definition) is 2. The van der Waals surface area contributed by atoms with Gasteiger partial charge in [-0.25, -0.2) is 0 Å². The maximum Gasteiger partial charge on any atom is 0.276 e. The van der Waals surface area contributed by atoms with Gasteiger partial charge in [-0.05, 0) is 32.4 Å². The summed E-state index contributed by atoms with van der Waals surface area (Å²) in [6, 6.07) is 0.458. The molecule has 1 saturated heterocycles.